The lowest BCUT2D eigenvalue weighted by molar-refractivity contribution is -0.303. The highest BCUT2D eigenvalue weighted by Crippen LogP contribution is 2.22. The van der Waals surface area contributed by atoms with Gasteiger partial charge in [0.2, 0.25) is 0 Å². The Bertz CT molecular complexity index is 357. The van der Waals surface area contributed by atoms with Crippen molar-refractivity contribution in [3.63, 3.8) is 0 Å². The number of hydrogen-bond acceptors (Lipinski definition) is 10. The summed E-state index contributed by atoms with van der Waals surface area (Å²) in [5.41, 5.74) is 0. The third-order valence-corrected chi connectivity index (χ3v) is 4.03. The molecule has 10 nitrogen and oxygen atoms in total. The number of rotatable bonds is 4. The van der Waals surface area contributed by atoms with Gasteiger partial charge in [0.15, 0.2) is 6.29 Å². The highest BCUT2D eigenvalue weighted by Gasteiger charge is 2.45. The molecule has 0 bridgehead atoms. The molecular weight excluding hydrogens is 302 g/mol. The van der Waals surface area contributed by atoms with E-state index in [1.165, 1.54) is 0 Å². The van der Waals surface area contributed by atoms with Gasteiger partial charge < -0.3 is 50.5 Å². The second-order valence-corrected chi connectivity index (χ2v) is 5.59. The zero-order valence-electron chi connectivity index (χ0n) is 11.8. The average molecular weight is 325 g/mol. The van der Waals surface area contributed by atoms with Crippen LogP contribution in [0.5, 0.6) is 0 Å². The Morgan fingerprint density at radius 2 is 1.59 bits per heavy atom. The van der Waals surface area contributed by atoms with Crippen LogP contribution in [0.4, 0.5) is 0 Å². The lowest BCUT2D eigenvalue weighted by Crippen LogP contribution is -2.63. The number of hydrogen-bond donors (Lipinski definition) is 8. The maximum atomic E-state index is 9.81. The van der Waals surface area contributed by atoms with Crippen LogP contribution in [0.2, 0.25) is 0 Å². The maximum absolute atomic E-state index is 9.81. The van der Waals surface area contributed by atoms with Crippen molar-refractivity contribution in [1.82, 2.24) is 5.32 Å². The molecule has 2 aliphatic rings. The molecule has 0 aliphatic carbocycles. The van der Waals surface area contributed by atoms with Crippen LogP contribution in [-0.2, 0) is 9.47 Å². The molecule has 10 heteroatoms. The fourth-order valence-corrected chi connectivity index (χ4v) is 2.54. The van der Waals surface area contributed by atoms with E-state index in [4.69, 9.17) is 14.6 Å². The summed E-state index contributed by atoms with van der Waals surface area (Å²) in [5, 5.41) is 69.7. The molecule has 0 unspecified atom stereocenters. The van der Waals surface area contributed by atoms with Crippen LogP contribution in [-0.4, -0.2) is 111 Å². The number of ether oxygens (including phenoxy) is 2. The van der Waals surface area contributed by atoms with E-state index in [2.05, 4.69) is 5.32 Å². The van der Waals surface area contributed by atoms with Crippen molar-refractivity contribution in [2.45, 2.75) is 55.1 Å². The Balaban J connectivity index is 1.90. The average Bonchev–Trinajstić information content (AvgIpc) is 2.51. The van der Waals surface area contributed by atoms with Gasteiger partial charge in [-0.3, -0.25) is 0 Å². The van der Waals surface area contributed by atoms with Crippen LogP contribution in [0.1, 0.15) is 0 Å². The van der Waals surface area contributed by atoms with Gasteiger partial charge in [-0.1, -0.05) is 0 Å². The molecule has 2 rings (SSSR count). The molecule has 2 saturated heterocycles. The van der Waals surface area contributed by atoms with Crippen LogP contribution in [0, 0.1) is 0 Å². The Hall–Kier alpha value is -0.400. The summed E-state index contributed by atoms with van der Waals surface area (Å²) in [4.78, 5) is 0. The molecule has 130 valence electrons. The number of nitrogens with one attached hydrogen (secondary N) is 1. The minimum Gasteiger partial charge on any atom is -0.394 e. The van der Waals surface area contributed by atoms with E-state index in [-0.39, 0.29) is 13.2 Å². The number of piperidine rings is 1. The van der Waals surface area contributed by atoms with E-state index < -0.39 is 61.7 Å². The van der Waals surface area contributed by atoms with Gasteiger partial charge in [-0.2, -0.15) is 0 Å². The molecule has 0 aromatic carbocycles. The van der Waals surface area contributed by atoms with Gasteiger partial charge in [0, 0.05) is 6.54 Å². The van der Waals surface area contributed by atoms with Crippen LogP contribution in [0.3, 0.4) is 0 Å². The van der Waals surface area contributed by atoms with Crippen molar-refractivity contribution < 1.29 is 45.2 Å². The summed E-state index contributed by atoms with van der Waals surface area (Å²) < 4.78 is 10.4. The smallest absolute Gasteiger partial charge is 0.186 e. The number of aliphatic hydroxyl groups excluding tert-OH is 7. The summed E-state index contributed by atoms with van der Waals surface area (Å²) in [7, 11) is 0. The summed E-state index contributed by atoms with van der Waals surface area (Å²) >= 11 is 0. The van der Waals surface area contributed by atoms with Gasteiger partial charge in [-0.25, -0.2) is 0 Å². The summed E-state index contributed by atoms with van der Waals surface area (Å²) in [6, 6.07) is -0.717. The monoisotopic (exact) mass is 325 g/mol. The summed E-state index contributed by atoms with van der Waals surface area (Å²) in [5.74, 6) is 0. The van der Waals surface area contributed by atoms with Crippen LogP contribution >= 0.6 is 0 Å². The molecule has 0 aromatic heterocycles. The quantitative estimate of drug-likeness (QED) is 0.250. The fourth-order valence-electron chi connectivity index (χ4n) is 2.54. The van der Waals surface area contributed by atoms with Gasteiger partial charge in [-0.05, 0) is 0 Å². The molecular formula is C12H23NO9. The van der Waals surface area contributed by atoms with Crippen molar-refractivity contribution in [1.29, 1.82) is 0 Å². The summed E-state index contributed by atoms with van der Waals surface area (Å²) in [6.45, 7) is -0.700. The van der Waals surface area contributed by atoms with E-state index in [0.717, 1.165) is 0 Å². The molecule has 8 N–H and O–H groups in total. The molecule has 0 spiro atoms. The lowest BCUT2D eigenvalue weighted by atomic mass is 9.96. The van der Waals surface area contributed by atoms with Crippen LogP contribution in [0.15, 0.2) is 0 Å². The first-order chi connectivity index (χ1) is 10.4. The largest absolute Gasteiger partial charge is 0.394 e. The maximum Gasteiger partial charge on any atom is 0.186 e. The summed E-state index contributed by atoms with van der Waals surface area (Å²) in [6.07, 6.45) is -10.7. The van der Waals surface area contributed by atoms with E-state index in [1.54, 1.807) is 0 Å². The Kier molecular flexibility index (Phi) is 6.07. The molecule has 0 amide bonds. The van der Waals surface area contributed by atoms with Gasteiger partial charge in [0.1, 0.15) is 30.5 Å². The van der Waals surface area contributed by atoms with Gasteiger partial charge in [0.25, 0.3) is 0 Å². The van der Waals surface area contributed by atoms with E-state index in [1.807, 2.05) is 0 Å². The van der Waals surface area contributed by atoms with Gasteiger partial charge in [-0.15, -0.1) is 0 Å². The number of β-amino-alcohol motifs (C(OH)–C–C–N with tert-alkyl or cyclic N) is 1. The first kappa shape index (κ1) is 17.9. The standard InChI is InChI=1S/C12H23NO9/c14-2-6-9(18)10(19)11(20)12(22-6)21-3-4-7(16)8(17)5(15)1-13-4/h4-20H,1-3H2/t4-,5-,6-,7-,8-,9+,10+,11-,12+/m1/s1. The second-order valence-electron chi connectivity index (χ2n) is 5.59. The van der Waals surface area contributed by atoms with Crippen molar-refractivity contribution in [2.24, 2.45) is 0 Å². The molecule has 22 heavy (non-hydrogen) atoms. The fraction of sp³-hybridized carbons (Fsp3) is 1.00. The molecule has 2 aliphatic heterocycles. The van der Waals surface area contributed by atoms with E-state index in [9.17, 15) is 30.6 Å². The molecule has 2 fully saturated rings. The predicted octanol–water partition coefficient (Wildman–Crippen LogP) is -5.14. The highest BCUT2D eigenvalue weighted by molar-refractivity contribution is 4.93. The highest BCUT2D eigenvalue weighted by atomic mass is 16.7. The van der Waals surface area contributed by atoms with Gasteiger partial charge >= 0.3 is 0 Å². The predicted molar refractivity (Wildman–Crippen MR) is 69.5 cm³/mol. The minimum atomic E-state index is -1.55. The molecule has 9 atom stereocenters. The zero-order chi connectivity index (χ0) is 16.4. The molecule has 0 radical (unpaired) electrons. The van der Waals surface area contributed by atoms with Crippen molar-refractivity contribution in [2.75, 3.05) is 19.8 Å². The second kappa shape index (κ2) is 7.45. The Labute approximate surface area is 126 Å². The third kappa shape index (κ3) is 3.57. The van der Waals surface area contributed by atoms with Crippen molar-refractivity contribution in [3.05, 3.63) is 0 Å². The van der Waals surface area contributed by atoms with Gasteiger partial charge in [0.05, 0.1) is 31.5 Å². The SMILES string of the molecule is OC[C@H]1O[C@H](OC[C@H]2NC[C@@H](O)[C@@H](O)[C@@H]2O)[C@H](O)[C@@H](O)[C@H]1O. The molecule has 0 aromatic rings. The Morgan fingerprint density at radius 3 is 2.23 bits per heavy atom. The van der Waals surface area contributed by atoms with E-state index in [0.29, 0.717) is 0 Å². The molecule has 0 saturated carbocycles. The van der Waals surface area contributed by atoms with Crippen molar-refractivity contribution in [3.8, 4) is 0 Å². The zero-order valence-corrected chi connectivity index (χ0v) is 11.8. The Morgan fingerprint density at radius 1 is 0.909 bits per heavy atom. The normalized spacial score (nSPS) is 50.0. The first-order valence-corrected chi connectivity index (χ1v) is 7.06. The third-order valence-electron chi connectivity index (χ3n) is 4.03. The molecule has 2 heterocycles. The number of aliphatic hydroxyl groups is 7. The van der Waals surface area contributed by atoms with Crippen molar-refractivity contribution >= 4 is 0 Å². The lowest BCUT2D eigenvalue weighted by Gasteiger charge is -2.41. The van der Waals surface area contributed by atoms with Crippen LogP contribution < -0.4 is 5.32 Å². The first-order valence-electron chi connectivity index (χ1n) is 7.06. The topological polar surface area (TPSA) is 172 Å². The minimum absolute atomic E-state index is 0.0565. The van der Waals surface area contributed by atoms with E-state index >= 15 is 0 Å². The van der Waals surface area contributed by atoms with Crippen LogP contribution in [0.25, 0.3) is 0 Å².